The van der Waals surface area contributed by atoms with E-state index < -0.39 is 0 Å². The van der Waals surface area contributed by atoms with Crippen molar-refractivity contribution in [3.05, 3.63) is 35.4 Å². The van der Waals surface area contributed by atoms with Gasteiger partial charge in [0.2, 0.25) is 0 Å². The number of aliphatic hydroxyl groups is 1. The molecule has 0 unspecified atom stereocenters. The summed E-state index contributed by atoms with van der Waals surface area (Å²) in [6.45, 7) is 6.84. The molecule has 0 heterocycles. The van der Waals surface area contributed by atoms with Gasteiger partial charge in [-0.2, -0.15) is 0 Å². The average Bonchev–Trinajstić information content (AvgIpc) is 2.62. The fourth-order valence-corrected chi connectivity index (χ4v) is 2.94. The number of aliphatic hydroxyl groups excluding tert-OH is 1. The van der Waals surface area contributed by atoms with Gasteiger partial charge in [0.15, 0.2) is 0 Å². The van der Waals surface area contributed by atoms with Gasteiger partial charge in [-0.3, -0.25) is 0 Å². The van der Waals surface area contributed by atoms with E-state index in [0.717, 1.165) is 6.42 Å². The summed E-state index contributed by atoms with van der Waals surface area (Å²) in [6, 6.07) is 8.48. The van der Waals surface area contributed by atoms with Gasteiger partial charge in [0.25, 0.3) is 0 Å². The Kier molecular flexibility index (Phi) is 18.9. The molecule has 0 amide bonds. The summed E-state index contributed by atoms with van der Waals surface area (Å²) in [6.07, 6.45) is 19.2. The third-order valence-electron chi connectivity index (χ3n) is 4.73. The van der Waals surface area contributed by atoms with Crippen LogP contribution in [0.4, 0.5) is 0 Å². The third-order valence-corrected chi connectivity index (χ3v) is 4.73. The summed E-state index contributed by atoms with van der Waals surface area (Å²) in [5, 5.41) is 8.64. The minimum absolute atomic E-state index is 0.373. The van der Waals surface area contributed by atoms with Crippen LogP contribution in [0.3, 0.4) is 0 Å². The second kappa shape index (κ2) is 19.5. The van der Waals surface area contributed by atoms with Crippen LogP contribution in [0.5, 0.6) is 0 Å². The number of hydrogen-bond donors (Lipinski definition) is 1. The number of rotatable bonds is 14. The summed E-state index contributed by atoms with van der Waals surface area (Å²) in [5.74, 6) is 0. The monoisotopic (exact) mass is 348 g/mol. The van der Waals surface area contributed by atoms with Gasteiger partial charge in [-0.05, 0) is 20.3 Å². The lowest BCUT2D eigenvalue weighted by atomic mass is 10.0. The molecule has 25 heavy (non-hydrogen) atoms. The van der Waals surface area contributed by atoms with Crippen LogP contribution in [0.1, 0.15) is 108 Å². The maximum Gasteiger partial charge on any atom is 0.0431 e. The minimum Gasteiger partial charge on any atom is -0.396 e. The summed E-state index contributed by atoms with van der Waals surface area (Å²) < 4.78 is 0. The standard InChI is InChI=1S/C16H34O.C8H10/c1-2-3-4-5-6-7-8-9-10-11-12-13-14-15-16-17;1-7-3-5-8(2)6-4-7/h17H,2-16H2,1H3;3-6H,1-2H3. The van der Waals surface area contributed by atoms with E-state index in [1.54, 1.807) is 0 Å². The zero-order chi connectivity index (χ0) is 18.6. The molecule has 1 aromatic carbocycles. The molecular formula is C24H44O. The Morgan fingerprint density at radius 1 is 0.520 bits per heavy atom. The van der Waals surface area contributed by atoms with Crippen LogP contribution in [0.2, 0.25) is 0 Å². The summed E-state index contributed by atoms with van der Waals surface area (Å²) in [5.41, 5.74) is 2.66. The third kappa shape index (κ3) is 19.4. The molecule has 0 atom stereocenters. The Morgan fingerprint density at radius 2 is 0.800 bits per heavy atom. The topological polar surface area (TPSA) is 20.2 Å². The molecule has 0 saturated heterocycles. The first-order chi connectivity index (χ1) is 12.2. The fourth-order valence-electron chi connectivity index (χ4n) is 2.94. The number of benzene rings is 1. The Morgan fingerprint density at radius 3 is 1.08 bits per heavy atom. The molecule has 0 radical (unpaired) electrons. The molecule has 1 rings (SSSR count). The van der Waals surface area contributed by atoms with Gasteiger partial charge in [-0.15, -0.1) is 0 Å². The van der Waals surface area contributed by atoms with E-state index in [4.69, 9.17) is 5.11 Å². The molecule has 1 aromatic rings. The lowest BCUT2D eigenvalue weighted by Gasteiger charge is -2.02. The van der Waals surface area contributed by atoms with E-state index in [2.05, 4.69) is 45.0 Å². The average molecular weight is 349 g/mol. The van der Waals surface area contributed by atoms with Crippen molar-refractivity contribution in [1.29, 1.82) is 0 Å². The van der Waals surface area contributed by atoms with E-state index in [0.29, 0.717) is 6.61 Å². The first-order valence-electron chi connectivity index (χ1n) is 10.8. The van der Waals surface area contributed by atoms with Crippen molar-refractivity contribution < 1.29 is 5.11 Å². The van der Waals surface area contributed by atoms with E-state index in [1.165, 1.54) is 94.6 Å². The molecule has 1 N–H and O–H groups in total. The molecule has 0 aliphatic heterocycles. The van der Waals surface area contributed by atoms with Gasteiger partial charge in [-0.25, -0.2) is 0 Å². The molecule has 0 spiro atoms. The number of unbranched alkanes of at least 4 members (excludes halogenated alkanes) is 13. The quantitative estimate of drug-likeness (QED) is 0.340. The highest BCUT2D eigenvalue weighted by Crippen LogP contribution is 2.12. The second-order valence-corrected chi connectivity index (χ2v) is 7.47. The molecule has 0 bridgehead atoms. The maximum absolute atomic E-state index is 8.64. The second-order valence-electron chi connectivity index (χ2n) is 7.47. The van der Waals surface area contributed by atoms with Gasteiger partial charge in [0, 0.05) is 6.61 Å². The fraction of sp³-hybridized carbons (Fsp3) is 0.750. The molecule has 0 aromatic heterocycles. The summed E-state index contributed by atoms with van der Waals surface area (Å²) in [4.78, 5) is 0. The van der Waals surface area contributed by atoms with Gasteiger partial charge >= 0.3 is 0 Å². The normalized spacial score (nSPS) is 10.4. The van der Waals surface area contributed by atoms with Crippen LogP contribution in [-0.4, -0.2) is 11.7 Å². The summed E-state index contributed by atoms with van der Waals surface area (Å²) >= 11 is 0. The number of hydrogen-bond acceptors (Lipinski definition) is 1. The van der Waals surface area contributed by atoms with E-state index in [1.807, 2.05) is 0 Å². The van der Waals surface area contributed by atoms with Crippen molar-refractivity contribution in [1.82, 2.24) is 0 Å². The zero-order valence-electron chi connectivity index (χ0n) is 17.4. The Bertz CT molecular complexity index is 320. The SMILES string of the molecule is CCCCCCCCCCCCCCCCO.Cc1ccc(C)cc1. The Hall–Kier alpha value is -0.820. The van der Waals surface area contributed by atoms with E-state index in [-0.39, 0.29) is 0 Å². The highest BCUT2D eigenvalue weighted by atomic mass is 16.2. The van der Waals surface area contributed by atoms with E-state index in [9.17, 15) is 0 Å². The molecular weight excluding hydrogens is 304 g/mol. The van der Waals surface area contributed by atoms with Gasteiger partial charge in [0.1, 0.15) is 0 Å². The van der Waals surface area contributed by atoms with Crippen LogP contribution in [0.25, 0.3) is 0 Å². The minimum atomic E-state index is 0.373. The van der Waals surface area contributed by atoms with Crippen molar-refractivity contribution in [2.45, 2.75) is 111 Å². The van der Waals surface area contributed by atoms with Crippen LogP contribution in [0.15, 0.2) is 24.3 Å². The predicted molar refractivity (Wildman–Crippen MR) is 113 cm³/mol. The molecule has 0 aliphatic carbocycles. The van der Waals surface area contributed by atoms with Crippen LogP contribution in [-0.2, 0) is 0 Å². The first-order valence-corrected chi connectivity index (χ1v) is 10.8. The maximum atomic E-state index is 8.64. The molecule has 1 heteroatoms. The van der Waals surface area contributed by atoms with Crippen LogP contribution in [0, 0.1) is 13.8 Å². The largest absolute Gasteiger partial charge is 0.396 e. The van der Waals surface area contributed by atoms with Crippen molar-refractivity contribution >= 4 is 0 Å². The van der Waals surface area contributed by atoms with Gasteiger partial charge in [0.05, 0.1) is 0 Å². The van der Waals surface area contributed by atoms with Crippen molar-refractivity contribution in [3.8, 4) is 0 Å². The lowest BCUT2D eigenvalue weighted by molar-refractivity contribution is 0.282. The van der Waals surface area contributed by atoms with Crippen molar-refractivity contribution in [2.24, 2.45) is 0 Å². The molecule has 0 saturated carbocycles. The van der Waals surface area contributed by atoms with Gasteiger partial charge < -0.3 is 5.11 Å². The molecule has 0 aliphatic rings. The van der Waals surface area contributed by atoms with Crippen molar-refractivity contribution in [3.63, 3.8) is 0 Å². The first kappa shape index (κ1) is 24.2. The Labute approximate surface area is 158 Å². The highest BCUT2D eigenvalue weighted by molar-refractivity contribution is 5.19. The highest BCUT2D eigenvalue weighted by Gasteiger charge is 1.93. The summed E-state index contributed by atoms with van der Waals surface area (Å²) in [7, 11) is 0. The van der Waals surface area contributed by atoms with Crippen LogP contribution >= 0.6 is 0 Å². The van der Waals surface area contributed by atoms with Gasteiger partial charge in [-0.1, -0.05) is 126 Å². The Balaban J connectivity index is 0.000000593. The van der Waals surface area contributed by atoms with Crippen molar-refractivity contribution in [2.75, 3.05) is 6.61 Å². The lowest BCUT2D eigenvalue weighted by Crippen LogP contribution is -1.84. The predicted octanol–water partition coefficient (Wildman–Crippen LogP) is 7.76. The molecule has 146 valence electrons. The van der Waals surface area contributed by atoms with E-state index >= 15 is 0 Å². The van der Waals surface area contributed by atoms with Crippen LogP contribution < -0.4 is 0 Å². The number of aryl methyl sites for hydroxylation is 2. The molecule has 1 nitrogen and oxygen atoms in total. The molecule has 0 fully saturated rings. The smallest absolute Gasteiger partial charge is 0.0431 e. The zero-order valence-corrected chi connectivity index (χ0v) is 17.4.